The van der Waals surface area contributed by atoms with Crippen LogP contribution in [0.5, 0.6) is 0 Å². The van der Waals surface area contributed by atoms with Crippen molar-refractivity contribution < 1.29 is 9.53 Å². The Kier molecular flexibility index (Phi) is 3.23. The normalized spacial score (nSPS) is 15.2. The van der Waals surface area contributed by atoms with Crippen molar-refractivity contribution in [3.05, 3.63) is 63.9 Å². The molecule has 0 saturated carbocycles. The highest BCUT2D eigenvalue weighted by Crippen LogP contribution is 2.41. The van der Waals surface area contributed by atoms with Crippen molar-refractivity contribution in [3.8, 4) is 11.4 Å². The van der Waals surface area contributed by atoms with Crippen LogP contribution in [0.25, 0.3) is 22.3 Å². The maximum atomic E-state index is 13.1. The number of carbonyl (C=O) groups is 1. The topological polar surface area (TPSA) is 61.2 Å². The number of nitrogens with zero attached hydrogens (tertiary/aromatic N) is 2. The molecular weight excluding hydrogens is 304 g/mol. The second-order valence-corrected chi connectivity index (χ2v) is 5.96. The lowest BCUT2D eigenvalue weighted by molar-refractivity contribution is -0.141. The molecular formula is C19H16N2O3. The fourth-order valence-corrected chi connectivity index (χ4v) is 3.47. The highest BCUT2D eigenvalue weighted by atomic mass is 16.5. The summed E-state index contributed by atoms with van der Waals surface area (Å²) in [5, 5.41) is 0.557. The van der Waals surface area contributed by atoms with Crippen LogP contribution < -0.4 is 5.56 Å². The summed E-state index contributed by atoms with van der Waals surface area (Å²) in [4.78, 5) is 29.7. The Hall–Kier alpha value is -2.95. The summed E-state index contributed by atoms with van der Waals surface area (Å²) in [7, 11) is 1.36. The van der Waals surface area contributed by atoms with E-state index in [1.54, 1.807) is 10.6 Å². The van der Waals surface area contributed by atoms with Crippen LogP contribution in [0.15, 0.2) is 47.3 Å². The van der Waals surface area contributed by atoms with Gasteiger partial charge in [0.25, 0.3) is 5.56 Å². The van der Waals surface area contributed by atoms with E-state index in [4.69, 9.17) is 9.72 Å². The summed E-state index contributed by atoms with van der Waals surface area (Å²) in [5.41, 5.74) is 3.46. The predicted molar refractivity (Wildman–Crippen MR) is 90.9 cm³/mol. The Balaban J connectivity index is 2.07. The lowest BCUT2D eigenvalue weighted by Crippen LogP contribution is -2.26. The predicted octanol–water partition coefficient (Wildman–Crippen LogP) is 2.84. The van der Waals surface area contributed by atoms with E-state index in [1.807, 2.05) is 43.3 Å². The first-order valence-electron chi connectivity index (χ1n) is 7.80. The third-order valence-corrected chi connectivity index (χ3v) is 4.59. The Morgan fingerprint density at radius 1 is 1.21 bits per heavy atom. The first-order valence-corrected chi connectivity index (χ1v) is 7.80. The number of fused-ring (bicyclic) bond motifs is 4. The lowest BCUT2D eigenvalue weighted by atomic mass is 9.98. The maximum absolute atomic E-state index is 13.1. The van der Waals surface area contributed by atoms with Crippen LogP contribution in [0.3, 0.4) is 0 Å². The summed E-state index contributed by atoms with van der Waals surface area (Å²) >= 11 is 0. The SMILES string of the molecule is COC(=O)CC1c2cccc(C)c2-c2nc3ccccc3c(=O)n21. The van der Waals surface area contributed by atoms with E-state index in [0.717, 1.165) is 16.7 Å². The molecule has 0 fully saturated rings. The fourth-order valence-electron chi connectivity index (χ4n) is 3.47. The molecule has 1 unspecified atom stereocenters. The number of ether oxygens (including phenoxy) is 1. The molecule has 1 aliphatic heterocycles. The number of methoxy groups -OCH3 is 1. The fraction of sp³-hybridized carbons (Fsp3) is 0.211. The highest BCUT2D eigenvalue weighted by molar-refractivity contribution is 5.83. The molecule has 2 heterocycles. The second-order valence-electron chi connectivity index (χ2n) is 5.96. The minimum Gasteiger partial charge on any atom is -0.469 e. The van der Waals surface area contributed by atoms with Crippen LogP contribution in [0.2, 0.25) is 0 Å². The highest BCUT2D eigenvalue weighted by Gasteiger charge is 2.34. The van der Waals surface area contributed by atoms with Gasteiger partial charge in [0.2, 0.25) is 0 Å². The quantitative estimate of drug-likeness (QED) is 0.681. The Labute approximate surface area is 138 Å². The van der Waals surface area contributed by atoms with Crippen molar-refractivity contribution in [2.75, 3.05) is 7.11 Å². The van der Waals surface area contributed by atoms with Crippen LogP contribution in [0.1, 0.15) is 23.6 Å². The molecule has 0 bridgehead atoms. The van der Waals surface area contributed by atoms with Crippen molar-refractivity contribution in [3.63, 3.8) is 0 Å². The molecule has 0 amide bonds. The third kappa shape index (κ3) is 1.98. The molecule has 1 aromatic heterocycles. The molecule has 1 aliphatic rings. The minimum atomic E-state index is -0.382. The zero-order valence-electron chi connectivity index (χ0n) is 13.4. The van der Waals surface area contributed by atoms with Gasteiger partial charge in [-0.25, -0.2) is 4.98 Å². The zero-order chi connectivity index (χ0) is 16.8. The van der Waals surface area contributed by atoms with E-state index < -0.39 is 0 Å². The van der Waals surface area contributed by atoms with Gasteiger partial charge >= 0.3 is 5.97 Å². The molecule has 0 radical (unpaired) electrons. The largest absolute Gasteiger partial charge is 0.469 e. The minimum absolute atomic E-state index is 0.111. The number of aryl methyl sites for hydroxylation is 1. The monoisotopic (exact) mass is 320 g/mol. The van der Waals surface area contributed by atoms with E-state index in [0.29, 0.717) is 16.7 Å². The molecule has 120 valence electrons. The van der Waals surface area contributed by atoms with Crippen LogP contribution in [-0.4, -0.2) is 22.6 Å². The van der Waals surface area contributed by atoms with Crippen molar-refractivity contribution in [1.82, 2.24) is 9.55 Å². The van der Waals surface area contributed by atoms with Crippen LogP contribution in [0, 0.1) is 6.92 Å². The van der Waals surface area contributed by atoms with Crippen molar-refractivity contribution in [1.29, 1.82) is 0 Å². The molecule has 5 heteroatoms. The average Bonchev–Trinajstić information content (AvgIpc) is 2.90. The van der Waals surface area contributed by atoms with E-state index >= 15 is 0 Å². The average molecular weight is 320 g/mol. The molecule has 0 saturated heterocycles. The van der Waals surface area contributed by atoms with E-state index in [1.165, 1.54) is 7.11 Å². The Morgan fingerprint density at radius 2 is 2.00 bits per heavy atom. The van der Waals surface area contributed by atoms with Gasteiger partial charge in [-0.05, 0) is 30.2 Å². The molecule has 0 spiro atoms. The van der Waals surface area contributed by atoms with Gasteiger partial charge in [-0.15, -0.1) is 0 Å². The molecule has 4 rings (SSSR count). The van der Waals surface area contributed by atoms with Gasteiger partial charge in [-0.1, -0.05) is 30.3 Å². The molecule has 0 aliphatic carbocycles. The summed E-state index contributed by atoms with van der Waals surface area (Å²) < 4.78 is 6.46. The number of para-hydroxylation sites is 1. The van der Waals surface area contributed by atoms with Gasteiger partial charge in [-0.3, -0.25) is 14.2 Å². The molecule has 24 heavy (non-hydrogen) atoms. The lowest BCUT2D eigenvalue weighted by Gasteiger charge is -2.14. The summed E-state index contributed by atoms with van der Waals surface area (Å²) in [6.07, 6.45) is 0.111. The van der Waals surface area contributed by atoms with E-state index in [9.17, 15) is 9.59 Å². The van der Waals surface area contributed by atoms with Gasteiger partial charge < -0.3 is 4.74 Å². The summed E-state index contributed by atoms with van der Waals surface area (Å²) in [5.74, 6) is 0.279. The maximum Gasteiger partial charge on any atom is 0.307 e. The second kappa shape index (κ2) is 5.30. The number of hydrogen-bond donors (Lipinski definition) is 0. The van der Waals surface area contributed by atoms with Gasteiger partial charge in [-0.2, -0.15) is 0 Å². The van der Waals surface area contributed by atoms with Crippen LogP contribution in [0.4, 0.5) is 0 Å². The van der Waals surface area contributed by atoms with Crippen LogP contribution >= 0.6 is 0 Å². The van der Waals surface area contributed by atoms with Crippen molar-refractivity contribution in [2.24, 2.45) is 0 Å². The summed E-state index contributed by atoms with van der Waals surface area (Å²) in [6, 6.07) is 12.8. The number of esters is 1. The van der Waals surface area contributed by atoms with Gasteiger partial charge in [0, 0.05) is 5.56 Å². The first kappa shape index (κ1) is 14.6. The number of carbonyl (C=O) groups excluding carboxylic acids is 1. The molecule has 2 aromatic carbocycles. The molecule has 3 aromatic rings. The van der Waals surface area contributed by atoms with Crippen LogP contribution in [-0.2, 0) is 9.53 Å². The number of hydrogen-bond acceptors (Lipinski definition) is 4. The number of aromatic nitrogens is 2. The molecule has 5 nitrogen and oxygen atoms in total. The van der Waals surface area contributed by atoms with Crippen molar-refractivity contribution in [2.45, 2.75) is 19.4 Å². The molecule has 1 atom stereocenters. The number of benzene rings is 2. The Bertz CT molecular complexity index is 1040. The first-order chi connectivity index (χ1) is 11.6. The number of rotatable bonds is 2. The zero-order valence-corrected chi connectivity index (χ0v) is 13.4. The van der Waals surface area contributed by atoms with Crippen molar-refractivity contribution >= 4 is 16.9 Å². The van der Waals surface area contributed by atoms with E-state index in [-0.39, 0.29) is 24.0 Å². The van der Waals surface area contributed by atoms with Gasteiger partial charge in [0.1, 0.15) is 5.82 Å². The third-order valence-electron chi connectivity index (χ3n) is 4.59. The van der Waals surface area contributed by atoms with Gasteiger partial charge in [0.15, 0.2) is 0 Å². The summed E-state index contributed by atoms with van der Waals surface area (Å²) in [6.45, 7) is 1.99. The molecule has 0 N–H and O–H groups in total. The Morgan fingerprint density at radius 3 is 2.79 bits per heavy atom. The van der Waals surface area contributed by atoms with E-state index in [2.05, 4.69) is 0 Å². The standard InChI is InChI=1S/C19H16N2O3/c1-11-6-5-8-13-15(10-16(22)24-2)21-18(17(11)13)20-14-9-4-3-7-12(14)19(21)23/h3-9,15H,10H2,1-2H3. The van der Waals surface area contributed by atoms with Gasteiger partial charge in [0.05, 0.1) is 30.5 Å². The smallest absolute Gasteiger partial charge is 0.307 e.